The lowest BCUT2D eigenvalue weighted by Crippen LogP contribution is -2.62. The highest BCUT2D eigenvalue weighted by atomic mass is 16.4. The zero-order valence-electron chi connectivity index (χ0n) is 10.00. The predicted octanol–water partition coefficient (Wildman–Crippen LogP) is 1.48. The standard InChI is InChI=1S/C12H20N2O3/c15-10(16)5-8-13-11(17)14-12(6-2-7-12)9-3-1-4-9/h9H,1-8H2,(H,15,16)(H2,13,14,17). The van der Waals surface area contributed by atoms with Crippen molar-refractivity contribution in [3.63, 3.8) is 0 Å². The number of rotatable bonds is 5. The lowest BCUT2D eigenvalue weighted by Gasteiger charge is -2.51. The smallest absolute Gasteiger partial charge is 0.315 e. The number of carbonyl (C=O) groups is 2. The number of carboxylic acids is 1. The molecule has 0 unspecified atom stereocenters. The number of aliphatic carboxylic acids is 1. The van der Waals surface area contributed by atoms with Gasteiger partial charge in [0.15, 0.2) is 0 Å². The van der Waals surface area contributed by atoms with E-state index in [1.54, 1.807) is 0 Å². The second kappa shape index (κ2) is 4.94. The third-order valence-corrected chi connectivity index (χ3v) is 4.12. The highest BCUT2D eigenvalue weighted by molar-refractivity contribution is 5.76. The highest BCUT2D eigenvalue weighted by Crippen LogP contribution is 2.47. The van der Waals surface area contributed by atoms with E-state index >= 15 is 0 Å². The summed E-state index contributed by atoms with van der Waals surface area (Å²) in [6.45, 7) is 0.196. The van der Waals surface area contributed by atoms with Gasteiger partial charge in [-0.3, -0.25) is 4.79 Å². The number of nitrogens with one attached hydrogen (secondary N) is 2. The van der Waals surface area contributed by atoms with Gasteiger partial charge in [0, 0.05) is 12.1 Å². The molecule has 0 heterocycles. The van der Waals surface area contributed by atoms with Crippen LogP contribution < -0.4 is 10.6 Å². The second-order valence-electron chi connectivity index (χ2n) is 5.16. The maximum atomic E-state index is 11.7. The first-order chi connectivity index (χ1) is 8.12. The Balaban J connectivity index is 1.74. The van der Waals surface area contributed by atoms with E-state index in [2.05, 4.69) is 10.6 Å². The minimum atomic E-state index is -0.886. The van der Waals surface area contributed by atoms with E-state index < -0.39 is 5.97 Å². The van der Waals surface area contributed by atoms with Crippen molar-refractivity contribution < 1.29 is 14.7 Å². The first kappa shape index (κ1) is 12.2. The molecule has 96 valence electrons. The lowest BCUT2D eigenvalue weighted by molar-refractivity contribution is -0.136. The fraction of sp³-hybridized carbons (Fsp3) is 0.833. The van der Waals surface area contributed by atoms with Gasteiger partial charge in [-0.1, -0.05) is 6.42 Å². The molecule has 3 N–H and O–H groups in total. The number of hydrogen-bond donors (Lipinski definition) is 3. The molecule has 0 spiro atoms. The normalized spacial score (nSPS) is 22.1. The van der Waals surface area contributed by atoms with E-state index in [0.717, 1.165) is 12.8 Å². The largest absolute Gasteiger partial charge is 0.481 e. The van der Waals surface area contributed by atoms with Gasteiger partial charge in [-0.15, -0.1) is 0 Å². The Morgan fingerprint density at radius 1 is 1.24 bits per heavy atom. The summed E-state index contributed by atoms with van der Waals surface area (Å²) in [5.74, 6) is -0.246. The second-order valence-corrected chi connectivity index (χ2v) is 5.16. The van der Waals surface area contributed by atoms with Crippen LogP contribution in [-0.2, 0) is 4.79 Å². The van der Waals surface area contributed by atoms with Gasteiger partial charge in [-0.2, -0.15) is 0 Å². The average molecular weight is 240 g/mol. The van der Waals surface area contributed by atoms with Gasteiger partial charge in [0.05, 0.1) is 6.42 Å². The van der Waals surface area contributed by atoms with Gasteiger partial charge in [-0.25, -0.2) is 4.79 Å². The molecule has 2 amide bonds. The quantitative estimate of drug-likeness (QED) is 0.681. The van der Waals surface area contributed by atoms with Crippen LogP contribution in [-0.4, -0.2) is 29.2 Å². The van der Waals surface area contributed by atoms with E-state index in [9.17, 15) is 9.59 Å². The summed E-state index contributed by atoms with van der Waals surface area (Å²) in [5, 5.41) is 14.2. The first-order valence-electron chi connectivity index (χ1n) is 6.40. The molecule has 5 nitrogen and oxygen atoms in total. The molecule has 0 aromatic carbocycles. The maximum absolute atomic E-state index is 11.7. The van der Waals surface area contributed by atoms with E-state index in [0.29, 0.717) is 5.92 Å². The summed E-state index contributed by atoms with van der Waals surface area (Å²) in [6.07, 6.45) is 7.02. The zero-order valence-corrected chi connectivity index (χ0v) is 10.00. The number of urea groups is 1. The molecular weight excluding hydrogens is 220 g/mol. The summed E-state index contributed by atoms with van der Waals surface area (Å²) in [5.41, 5.74) is 0.0194. The fourth-order valence-electron chi connectivity index (χ4n) is 2.71. The van der Waals surface area contributed by atoms with Crippen LogP contribution in [0.15, 0.2) is 0 Å². The van der Waals surface area contributed by atoms with Crippen molar-refractivity contribution in [1.29, 1.82) is 0 Å². The SMILES string of the molecule is O=C(O)CCNC(=O)NC1(C2CCC2)CCC1. The van der Waals surface area contributed by atoms with Gasteiger partial charge in [-0.05, 0) is 38.0 Å². The van der Waals surface area contributed by atoms with Crippen LogP contribution in [0.3, 0.4) is 0 Å². The minimum absolute atomic E-state index is 0.0194. The Bertz CT molecular complexity index is 309. The van der Waals surface area contributed by atoms with Gasteiger partial charge in [0.25, 0.3) is 0 Å². The van der Waals surface area contributed by atoms with Gasteiger partial charge < -0.3 is 15.7 Å². The fourth-order valence-corrected chi connectivity index (χ4v) is 2.71. The zero-order chi connectivity index (χ0) is 12.3. The Kier molecular flexibility index (Phi) is 3.54. The molecular formula is C12H20N2O3. The van der Waals surface area contributed by atoms with Gasteiger partial charge >= 0.3 is 12.0 Å². The molecule has 0 aliphatic heterocycles. The molecule has 2 rings (SSSR count). The summed E-state index contributed by atoms with van der Waals surface area (Å²) in [4.78, 5) is 22.0. The Morgan fingerprint density at radius 3 is 2.35 bits per heavy atom. The topological polar surface area (TPSA) is 78.4 Å². The Morgan fingerprint density at radius 2 is 1.94 bits per heavy atom. The van der Waals surface area contributed by atoms with E-state index in [-0.39, 0.29) is 24.5 Å². The highest BCUT2D eigenvalue weighted by Gasteiger charge is 2.47. The van der Waals surface area contributed by atoms with Gasteiger partial charge in [0.1, 0.15) is 0 Å². The van der Waals surface area contributed by atoms with Crippen LogP contribution in [0.5, 0.6) is 0 Å². The molecule has 0 saturated heterocycles. The van der Waals surface area contributed by atoms with Crippen molar-refractivity contribution in [2.75, 3.05) is 6.54 Å². The van der Waals surface area contributed by atoms with Crippen molar-refractivity contribution in [3.05, 3.63) is 0 Å². The number of carbonyl (C=O) groups excluding carboxylic acids is 1. The molecule has 2 saturated carbocycles. The monoisotopic (exact) mass is 240 g/mol. The average Bonchev–Trinajstić information content (AvgIpc) is 2.10. The molecule has 0 bridgehead atoms. The Hall–Kier alpha value is -1.26. The van der Waals surface area contributed by atoms with Crippen molar-refractivity contribution in [2.45, 2.75) is 50.5 Å². The maximum Gasteiger partial charge on any atom is 0.315 e. The van der Waals surface area contributed by atoms with Crippen LogP contribution in [0.25, 0.3) is 0 Å². The van der Waals surface area contributed by atoms with Gasteiger partial charge in [0.2, 0.25) is 0 Å². The molecule has 5 heteroatoms. The predicted molar refractivity (Wildman–Crippen MR) is 62.7 cm³/mol. The number of carboxylic acid groups (broad SMARTS) is 1. The van der Waals surface area contributed by atoms with Crippen molar-refractivity contribution in [1.82, 2.24) is 10.6 Å². The summed E-state index contributed by atoms with van der Waals surface area (Å²) >= 11 is 0. The van der Waals surface area contributed by atoms with E-state index in [1.807, 2.05) is 0 Å². The lowest BCUT2D eigenvalue weighted by atomic mass is 9.61. The number of amides is 2. The molecule has 0 aromatic heterocycles. The summed E-state index contributed by atoms with van der Waals surface area (Å²) < 4.78 is 0. The van der Waals surface area contributed by atoms with E-state index in [4.69, 9.17) is 5.11 Å². The van der Waals surface area contributed by atoms with Crippen molar-refractivity contribution in [3.8, 4) is 0 Å². The van der Waals surface area contributed by atoms with E-state index in [1.165, 1.54) is 25.7 Å². The van der Waals surface area contributed by atoms with Crippen LogP contribution in [0.2, 0.25) is 0 Å². The molecule has 2 aliphatic rings. The van der Waals surface area contributed by atoms with Crippen LogP contribution >= 0.6 is 0 Å². The molecule has 0 aromatic rings. The molecule has 2 aliphatic carbocycles. The first-order valence-corrected chi connectivity index (χ1v) is 6.40. The Labute approximate surface area is 101 Å². The third kappa shape index (κ3) is 2.70. The van der Waals surface area contributed by atoms with Crippen LogP contribution in [0.4, 0.5) is 4.79 Å². The van der Waals surface area contributed by atoms with Crippen LogP contribution in [0, 0.1) is 5.92 Å². The summed E-state index contributed by atoms with van der Waals surface area (Å²) in [7, 11) is 0. The minimum Gasteiger partial charge on any atom is -0.481 e. The van der Waals surface area contributed by atoms with Crippen molar-refractivity contribution in [2.24, 2.45) is 5.92 Å². The molecule has 0 atom stereocenters. The third-order valence-electron chi connectivity index (χ3n) is 4.12. The molecule has 0 radical (unpaired) electrons. The molecule has 2 fully saturated rings. The molecule has 17 heavy (non-hydrogen) atoms. The number of hydrogen-bond acceptors (Lipinski definition) is 2. The van der Waals surface area contributed by atoms with Crippen molar-refractivity contribution >= 4 is 12.0 Å². The summed E-state index contributed by atoms with van der Waals surface area (Å²) in [6, 6.07) is -0.210. The van der Waals surface area contributed by atoms with Crippen LogP contribution in [0.1, 0.15) is 44.9 Å².